The lowest BCUT2D eigenvalue weighted by atomic mass is 10.2. The Morgan fingerprint density at radius 1 is 1.64 bits per heavy atom. The van der Waals surface area contributed by atoms with E-state index < -0.39 is 0 Å². The molecule has 1 fully saturated rings. The molecule has 1 aliphatic rings. The first-order chi connectivity index (χ1) is 6.83. The van der Waals surface area contributed by atoms with Gasteiger partial charge in [-0.2, -0.15) is 0 Å². The third-order valence-electron chi connectivity index (χ3n) is 2.47. The van der Waals surface area contributed by atoms with Crippen LogP contribution in [0.15, 0.2) is 6.20 Å². The number of ether oxygens (including phenoxy) is 1. The normalized spacial score (nSPS) is 27.0. The van der Waals surface area contributed by atoms with E-state index in [1.165, 1.54) is 16.3 Å². The predicted octanol–water partition coefficient (Wildman–Crippen LogP) is 3.36. The van der Waals surface area contributed by atoms with E-state index in [1.54, 1.807) is 11.3 Å². The first kappa shape index (κ1) is 10.8. The van der Waals surface area contributed by atoms with Gasteiger partial charge in [-0.1, -0.05) is 29.5 Å². The molecule has 2 atom stereocenters. The zero-order chi connectivity index (χ0) is 9.97. The summed E-state index contributed by atoms with van der Waals surface area (Å²) >= 11 is 4.19. The van der Waals surface area contributed by atoms with Gasteiger partial charge in [0.05, 0.1) is 6.10 Å². The van der Waals surface area contributed by atoms with Crippen molar-refractivity contribution in [3.8, 4) is 0 Å². The van der Waals surface area contributed by atoms with E-state index in [2.05, 4.69) is 34.5 Å². The molecule has 2 heterocycles. The fourth-order valence-electron chi connectivity index (χ4n) is 1.64. The topological polar surface area (TPSA) is 22.1 Å². The summed E-state index contributed by atoms with van der Waals surface area (Å²) in [6.07, 6.45) is 6.13. The SMILES string of the molecule is CCc1cnc(C2CCC(CI)O2)s1. The van der Waals surface area contributed by atoms with Gasteiger partial charge >= 0.3 is 0 Å². The lowest BCUT2D eigenvalue weighted by Crippen LogP contribution is -2.06. The third-order valence-corrected chi connectivity index (χ3v) is 4.69. The molecule has 1 aromatic heterocycles. The van der Waals surface area contributed by atoms with Crippen LogP contribution >= 0.6 is 33.9 Å². The fraction of sp³-hybridized carbons (Fsp3) is 0.700. The van der Waals surface area contributed by atoms with E-state index in [0.717, 1.165) is 17.3 Å². The van der Waals surface area contributed by atoms with Crippen molar-refractivity contribution in [2.24, 2.45) is 0 Å². The Balaban J connectivity index is 2.02. The fourth-order valence-corrected chi connectivity index (χ4v) is 3.21. The molecule has 2 rings (SSSR count). The molecule has 0 spiro atoms. The van der Waals surface area contributed by atoms with Gasteiger partial charge in [0, 0.05) is 15.5 Å². The van der Waals surface area contributed by atoms with Crippen LogP contribution in [0, 0.1) is 0 Å². The largest absolute Gasteiger partial charge is 0.367 e. The average molecular weight is 323 g/mol. The number of rotatable bonds is 3. The van der Waals surface area contributed by atoms with E-state index in [4.69, 9.17) is 4.74 Å². The van der Waals surface area contributed by atoms with Crippen molar-refractivity contribution in [2.45, 2.75) is 38.4 Å². The van der Waals surface area contributed by atoms with Gasteiger partial charge in [0.1, 0.15) is 11.1 Å². The summed E-state index contributed by atoms with van der Waals surface area (Å²) in [5, 5.41) is 1.18. The van der Waals surface area contributed by atoms with Crippen molar-refractivity contribution in [2.75, 3.05) is 4.43 Å². The second-order valence-electron chi connectivity index (χ2n) is 3.50. The Labute approximate surface area is 102 Å². The molecule has 0 radical (unpaired) electrons. The number of hydrogen-bond acceptors (Lipinski definition) is 3. The maximum Gasteiger partial charge on any atom is 0.122 e. The number of nitrogens with zero attached hydrogens (tertiary/aromatic N) is 1. The molecule has 4 heteroatoms. The van der Waals surface area contributed by atoms with Gasteiger partial charge in [-0.05, 0) is 19.3 Å². The van der Waals surface area contributed by atoms with Gasteiger partial charge in [0.2, 0.25) is 0 Å². The molecule has 0 bridgehead atoms. The maximum atomic E-state index is 5.89. The highest BCUT2D eigenvalue weighted by atomic mass is 127. The van der Waals surface area contributed by atoms with Gasteiger partial charge in [0.25, 0.3) is 0 Å². The van der Waals surface area contributed by atoms with Crippen molar-refractivity contribution in [3.05, 3.63) is 16.1 Å². The summed E-state index contributed by atoms with van der Waals surface area (Å²) in [5.41, 5.74) is 0. The Bertz CT molecular complexity index is 302. The summed E-state index contributed by atoms with van der Waals surface area (Å²) in [7, 11) is 0. The lowest BCUT2D eigenvalue weighted by Gasteiger charge is -2.08. The highest BCUT2D eigenvalue weighted by Gasteiger charge is 2.27. The minimum atomic E-state index is 0.278. The number of halogens is 1. The predicted molar refractivity (Wildman–Crippen MR) is 67.2 cm³/mol. The van der Waals surface area contributed by atoms with Crippen molar-refractivity contribution in [1.29, 1.82) is 0 Å². The van der Waals surface area contributed by atoms with E-state index in [1.807, 2.05) is 6.20 Å². The number of hydrogen-bond donors (Lipinski definition) is 0. The average Bonchev–Trinajstić information content (AvgIpc) is 2.86. The van der Waals surface area contributed by atoms with Crippen LogP contribution in [0.3, 0.4) is 0 Å². The van der Waals surface area contributed by atoms with Crippen LogP contribution in [0.5, 0.6) is 0 Å². The highest BCUT2D eigenvalue weighted by molar-refractivity contribution is 14.1. The second-order valence-corrected chi connectivity index (χ2v) is 5.52. The molecule has 1 aliphatic heterocycles. The molecule has 78 valence electrons. The van der Waals surface area contributed by atoms with Crippen molar-refractivity contribution in [1.82, 2.24) is 4.98 Å². The monoisotopic (exact) mass is 323 g/mol. The molecule has 0 saturated carbocycles. The Kier molecular flexibility index (Phi) is 3.79. The molecule has 0 aliphatic carbocycles. The molecule has 1 saturated heterocycles. The zero-order valence-corrected chi connectivity index (χ0v) is 11.2. The van der Waals surface area contributed by atoms with Gasteiger partial charge in [-0.15, -0.1) is 11.3 Å². The maximum absolute atomic E-state index is 5.89. The van der Waals surface area contributed by atoms with Crippen LogP contribution in [0.1, 0.15) is 35.8 Å². The summed E-state index contributed by atoms with van der Waals surface area (Å²) < 4.78 is 6.99. The summed E-state index contributed by atoms with van der Waals surface area (Å²) in [6.45, 7) is 2.17. The standard InChI is InChI=1S/C10H14INOS/c1-2-8-6-12-10(14-8)9-4-3-7(5-11)13-9/h6-7,9H,2-5H2,1H3. The molecule has 1 aromatic rings. The molecule has 2 unspecified atom stereocenters. The first-order valence-electron chi connectivity index (χ1n) is 4.99. The third kappa shape index (κ3) is 2.28. The van der Waals surface area contributed by atoms with E-state index in [9.17, 15) is 0 Å². The smallest absolute Gasteiger partial charge is 0.122 e. The lowest BCUT2D eigenvalue weighted by molar-refractivity contribution is 0.0596. The first-order valence-corrected chi connectivity index (χ1v) is 7.33. The zero-order valence-electron chi connectivity index (χ0n) is 8.20. The summed E-state index contributed by atoms with van der Waals surface area (Å²) in [4.78, 5) is 5.79. The molecule has 0 N–H and O–H groups in total. The molecular weight excluding hydrogens is 309 g/mol. The second kappa shape index (κ2) is 4.90. The van der Waals surface area contributed by atoms with E-state index >= 15 is 0 Å². The molecular formula is C10H14INOS. The van der Waals surface area contributed by atoms with Crippen LogP contribution in [0.2, 0.25) is 0 Å². The Morgan fingerprint density at radius 2 is 2.50 bits per heavy atom. The Hall–Kier alpha value is 0.320. The van der Waals surface area contributed by atoms with Gasteiger partial charge in [-0.3, -0.25) is 0 Å². The minimum Gasteiger partial charge on any atom is -0.367 e. The van der Waals surface area contributed by atoms with Gasteiger partial charge < -0.3 is 4.74 Å². The van der Waals surface area contributed by atoms with Crippen LogP contribution < -0.4 is 0 Å². The van der Waals surface area contributed by atoms with Crippen LogP contribution in [-0.4, -0.2) is 15.5 Å². The quantitative estimate of drug-likeness (QED) is 0.629. The Morgan fingerprint density at radius 3 is 3.07 bits per heavy atom. The van der Waals surface area contributed by atoms with E-state index in [0.29, 0.717) is 6.10 Å². The summed E-state index contributed by atoms with van der Waals surface area (Å²) in [5.74, 6) is 0. The van der Waals surface area contributed by atoms with Gasteiger partial charge in [-0.25, -0.2) is 4.98 Å². The molecule has 0 amide bonds. The number of alkyl halides is 1. The highest BCUT2D eigenvalue weighted by Crippen LogP contribution is 2.35. The summed E-state index contributed by atoms with van der Waals surface area (Å²) in [6, 6.07) is 0. The van der Waals surface area contributed by atoms with Crippen molar-refractivity contribution >= 4 is 33.9 Å². The van der Waals surface area contributed by atoms with Crippen LogP contribution in [-0.2, 0) is 11.2 Å². The minimum absolute atomic E-state index is 0.278. The number of aromatic nitrogens is 1. The molecule has 2 nitrogen and oxygen atoms in total. The van der Waals surface area contributed by atoms with Gasteiger partial charge in [0.15, 0.2) is 0 Å². The number of thiazole rings is 1. The van der Waals surface area contributed by atoms with Crippen LogP contribution in [0.4, 0.5) is 0 Å². The molecule has 0 aromatic carbocycles. The molecule has 14 heavy (non-hydrogen) atoms. The van der Waals surface area contributed by atoms with Crippen LogP contribution in [0.25, 0.3) is 0 Å². The van der Waals surface area contributed by atoms with Crippen molar-refractivity contribution in [3.63, 3.8) is 0 Å². The van der Waals surface area contributed by atoms with Crippen molar-refractivity contribution < 1.29 is 4.74 Å². The van der Waals surface area contributed by atoms with E-state index in [-0.39, 0.29) is 6.10 Å². The number of aryl methyl sites for hydroxylation is 1.